The molecule has 1 nitrogen and oxygen atoms in total. The second-order valence-electron chi connectivity index (χ2n) is 9.40. The molecule has 24 heavy (non-hydrogen) atoms. The molecule has 4 aliphatic carbocycles. The summed E-state index contributed by atoms with van der Waals surface area (Å²) in [4.78, 5) is 12.2. The fourth-order valence-corrected chi connectivity index (χ4v) is 7.30. The van der Waals surface area contributed by atoms with Gasteiger partial charge in [-0.05, 0) is 80.0 Å². The number of allylic oxidation sites excluding steroid dienone is 2. The molecule has 7 atom stereocenters. The highest BCUT2D eigenvalue weighted by Crippen LogP contribution is 2.66. The third-order valence-electron chi connectivity index (χ3n) is 8.93. The summed E-state index contributed by atoms with van der Waals surface area (Å²) >= 11 is 0. The lowest BCUT2D eigenvalue weighted by molar-refractivity contribution is -0.147. The average Bonchev–Trinajstić information content (AvgIpc) is 2.89. The molecule has 0 spiro atoms. The van der Waals surface area contributed by atoms with Crippen LogP contribution in [0.25, 0.3) is 0 Å². The number of rotatable bonds is 0. The Hall–Kier alpha value is -0.590. The molecule has 4 rings (SSSR count). The third-order valence-corrected chi connectivity index (χ3v) is 8.93. The first-order chi connectivity index (χ1) is 11.4. The van der Waals surface area contributed by atoms with Gasteiger partial charge < -0.3 is 0 Å². The van der Waals surface area contributed by atoms with Crippen LogP contribution in [0.3, 0.4) is 0 Å². The lowest BCUT2D eigenvalue weighted by Crippen LogP contribution is -2.55. The highest BCUT2D eigenvalue weighted by atomic mass is 16.1. The number of hydrogen-bond acceptors (Lipinski definition) is 1. The fourth-order valence-electron chi connectivity index (χ4n) is 7.30. The second-order valence-corrected chi connectivity index (χ2v) is 9.40. The standard InChI is InChI=1S/C21H32O.C2H6/c1-13-5-7-17-15-6-8-16-14(2)19(22)10-12-21(16,4)18(15)9-11-20(13,17)3;1-2/h5,14-18H,6-12H2,1-4H3;1-2H3. The summed E-state index contributed by atoms with van der Waals surface area (Å²) in [7, 11) is 0. The van der Waals surface area contributed by atoms with Gasteiger partial charge in [-0.3, -0.25) is 4.79 Å². The minimum absolute atomic E-state index is 0.316. The van der Waals surface area contributed by atoms with E-state index in [2.05, 4.69) is 33.8 Å². The molecule has 0 bridgehead atoms. The number of hydrogen-bond donors (Lipinski definition) is 0. The van der Waals surface area contributed by atoms with E-state index < -0.39 is 0 Å². The van der Waals surface area contributed by atoms with E-state index in [4.69, 9.17) is 0 Å². The molecular formula is C23H38O. The van der Waals surface area contributed by atoms with Crippen molar-refractivity contribution in [3.63, 3.8) is 0 Å². The van der Waals surface area contributed by atoms with Gasteiger partial charge in [-0.25, -0.2) is 0 Å². The van der Waals surface area contributed by atoms with E-state index in [-0.39, 0.29) is 0 Å². The Balaban J connectivity index is 0.000000815. The maximum atomic E-state index is 12.2. The molecule has 0 aromatic rings. The first-order valence-corrected chi connectivity index (χ1v) is 10.6. The number of carbonyl (C=O) groups is 1. The van der Waals surface area contributed by atoms with Crippen LogP contribution in [0.2, 0.25) is 0 Å². The highest BCUT2D eigenvalue weighted by molar-refractivity contribution is 5.82. The van der Waals surface area contributed by atoms with Gasteiger partial charge in [-0.2, -0.15) is 0 Å². The molecule has 0 aromatic heterocycles. The molecule has 1 heteroatoms. The van der Waals surface area contributed by atoms with Gasteiger partial charge in [0, 0.05) is 12.3 Å². The minimum atomic E-state index is 0.316. The van der Waals surface area contributed by atoms with Crippen LogP contribution in [0.1, 0.15) is 86.5 Å². The van der Waals surface area contributed by atoms with Crippen molar-refractivity contribution in [1.29, 1.82) is 0 Å². The van der Waals surface area contributed by atoms with Crippen molar-refractivity contribution in [3.8, 4) is 0 Å². The van der Waals surface area contributed by atoms with Gasteiger partial charge in [0.1, 0.15) is 5.78 Å². The van der Waals surface area contributed by atoms with Gasteiger partial charge in [0.25, 0.3) is 0 Å². The highest BCUT2D eigenvalue weighted by Gasteiger charge is 2.59. The SMILES string of the molecule is CC.CC1=CCC2C3CCC4C(C)C(=O)CCC4(C)C3CCC12C. The van der Waals surface area contributed by atoms with Gasteiger partial charge in [-0.15, -0.1) is 0 Å². The molecule has 0 amide bonds. The molecule has 0 heterocycles. The zero-order valence-electron chi connectivity index (χ0n) is 16.8. The summed E-state index contributed by atoms with van der Waals surface area (Å²) in [5, 5.41) is 0. The summed E-state index contributed by atoms with van der Waals surface area (Å²) < 4.78 is 0. The van der Waals surface area contributed by atoms with E-state index in [1.807, 2.05) is 13.8 Å². The van der Waals surface area contributed by atoms with E-state index in [1.165, 1.54) is 32.1 Å². The van der Waals surface area contributed by atoms with Crippen molar-refractivity contribution in [2.45, 2.75) is 86.5 Å². The minimum Gasteiger partial charge on any atom is -0.299 e. The van der Waals surface area contributed by atoms with Crippen LogP contribution in [0.15, 0.2) is 11.6 Å². The maximum absolute atomic E-state index is 12.2. The predicted octanol–water partition coefficient (Wildman–Crippen LogP) is 6.43. The number of Topliss-reactive ketones (excluding diaryl/α,β-unsaturated/α-hetero) is 1. The molecular weight excluding hydrogens is 292 g/mol. The Bertz CT molecular complexity index is 532. The van der Waals surface area contributed by atoms with Gasteiger partial charge in [0.2, 0.25) is 0 Å². The molecule has 0 saturated heterocycles. The van der Waals surface area contributed by atoms with E-state index in [9.17, 15) is 4.79 Å². The summed E-state index contributed by atoms with van der Waals surface area (Å²) in [6, 6.07) is 0. The molecule has 0 radical (unpaired) electrons. The Labute approximate surface area is 149 Å². The van der Waals surface area contributed by atoms with Crippen LogP contribution in [0.4, 0.5) is 0 Å². The van der Waals surface area contributed by atoms with Crippen molar-refractivity contribution in [2.24, 2.45) is 40.4 Å². The Kier molecular flexibility index (Phi) is 4.77. The van der Waals surface area contributed by atoms with E-state index >= 15 is 0 Å². The summed E-state index contributed by atoms with van der Waals surface area (Å²) in [5.74, 6) is 4.19. The van der Waals surface area contributed by atoms with Crippen LogP contribution in [0, 0.1) is 40.4 Å². The summed E-state index contributed by atoms with van der Waals surface area (Å²) in [6.07, 6.45) is 11.3. The van der Waals surface area contributed by atoms with Crippen LogP contribution in [-0.4, -0.2) is 5.78 Å². The van der Waals surface area contributed by atoms with Crippen molar-refractivity contribution >= 4 is 5.78 Å². The second kappa shape index (κ2) is 6.29. The smallest absolute Gasteiger partial charge is 0.136 e. The molecule has 136 valence electrons. The topological polar surface area (TPSA) is 17.1 Å². The quantitative estimate of drug-likeness (QED) is 0.468. The van der Waals surface area contributed by atoms with Gasteiger partial charge in [0.05, 0.1) is 0 Å². The zero-order valence-corrected chi connectivity index (χ0v) is 16.8. The lowest BCUT2D eigenvalue weighted by atomic mass is 9.43. The van der Waals surface area contributed by atoms with E-state index in [1.54, 1.807) is 5.57 Å². The van der Waals surface area contributed by atoms with Crippen LogP contribution >= 0.6 is 0 Å². The van der Waals surface area contributed by atoms with Crippen molar-refractivity contribution in [3.05, 3.63) is 11.6 Å². The number of fused-ring (bicyclic) bond motifs is 5. The van der Waals surface area contributed by atoms with Crippen molar-refractivity contribution in [2.75, 3.05) is 0 Å². The zero-order chi connectivity index (χ0) is 17.7. The van der Waals surface area contributed by atoms with E-state index in [0.29, 0.717) is 28.4 Å². The molecule has 0 N–H and O–H groups in total. The van der Waals surface area contributed by atoms with Crippen molar-refractivity contribution < 1.29 is 4.79 Å². The van der Waals surface area contributed by atoms with Crippen molar-refractivity contribution in [1.82, 2.24) is 0 Å². The Morgan fingerprint density at radius 1 is 1.00 bits per heavy atom. The molecule has 0 aromatic carbocycles. The first kappa shape index (κ1) is 18.2. The predicted molar refractivity (Wildman–Crippen MR) is 102 cm³/mol. The van der Waals surface area contributed by atoms with Crippen LogP contribution < -0.4 is 0 Å². The molecule has 7 unspecified atom stereocenters. The lowest BCUT2D eigenvalue weighted by Gasteiger charge is -2.61. The van der Waals surface area contributed by atoms with Gasteiger partial charge in [0.15, 0.2) is 0 Å². The summed E-state index contributed by atoms with van der Waals surface area (Å²) in [6.45, 7) is 13.7. The van der Waals surface area contributed by atoms with Gasteiger partial charge >= 0.3 is 0 Å². The van der Waals surface area contributed by atoms with E-state index in [0.717, 1.165) is 30.6 Å². The maximum Gasteiger partial charge on any atom is 0.136 e. The third kappa shape index (κ3) is 2.36. The molecule has 0 aliphatic heterocycles. The van der Waals surface area contributed by atoms with Crippen LogP contribution in [0.5, 0.6) is 0 Å². The molecule has 4 aliphatic rings. The Morgan fingerprint density at radius 3 is 2.42 bits per heavy atom. The number of ketones is 1. The van der Waals surface area contributed by atoms with Gasteiger partial charge in [-0.1, -0.05) is 46.3 Å². The monoisotopic (exact) mass is 330 g/mol. The average molecular weight is 331 g/mol. The summed E-state index contributed by atoms with van der Waals surface area (Å²) in [5.41, 5.74) is 2.59. The van der Waals surface area contributed by atoms with Crippen LogP contribution in [-0.2, 0) is 4.79 Å². The molecule has 3 fully saturated rings. The molecule has 3 saturated carbocycles. The fraction of sp³-hybridized carbons (Fsp3) is 0.870. The largest absolute Gasteiger partial charge is 0.299 e. The Morgan fingerprint density at radius 2 is 1.71 bits per heavy atom. The first-order valence-electron chi connectivity index (χ1n) is 10.6. The normalized spacial score (nSPS) is 50.0. The number of carbonyl (C=O) groups excluding carboxylic acids is 1.